The second-order valence-electron chi connectivity index (χ2n) is 6.68. The van der Waals surface area contributed by atoms with Crippen LogP contribution in [0.25, 0.3) is 0 Å². The molecule has 1 aliphatic heterocycles. The molecule has 0 radical (unpaired) electrons. The lowest BCUT2D eigenvalue weighted by Crippen LogP contribution is -2.20. The predicted molar refractivity (Wildman–Crippen MR) is 85.4 cm³/mol. The van der Waals surface area contributed by atoms with Crippen molar-refractivity contribution in [1.29, 1.82) is 0 Å². The molecule has 3 fully saturated rings. The number of ketones is 1. The van der Waals surface area contributed by atoms with Gasteiger partial charge in [0.05, 0.1) is 17.7 Å². The number of fused-ring (bicyclic) bond motifs is 1. The summed E-state index contributed by atoms with van der Waals surface area (Å²) in [6, 6.07) is 0. The second-order valence-corrected chi connectivity index (χ2v) is 7.68. The maximum Gasteiger partial charge on any atom is 0.178 e. The Morgan fingerprint density at radius 3 is 2.48 bits per heavy atom. The van der Waals surface area contributed by atoms with Crippen molar-refractivity contribution >= 4 is 27.8 Å². The first-order valence-corrected chi connectivity index (χ1v) is 8.76. The van der Waals surface area contributed by atoms with Crippen LogP contribution >= 0.6 is 11.3 Å². The van der Waals surface area contributed by atoms with Crippen LogP contribution in [-0.2, 0) is 0 Å². The highest BCUT2D eigenvalue weighted by molar-refractivity contribution is 7.19. The minimum atomic E-state index is 0.210. The molecule has 4 nitrogen and oxygen atoms in total. The summed E-state index contributed by atoms with van der Waals surface area (Å²) in [4.78, 5) is 15.5. The van der Waals surface area contributed by atoms with Crippen LogP contribution in [0.1, 0.15) is 41.8 Å². The van der Waals surface area contributed by atoms with E-state index in [9.17, 15) is 4.79 Å². The molecule has 4 rings (SSSR count). The minimum absolute atomic E-state index is 0.210. The Bertz CT molecular complexity index is 567. The van der Waals surface area contributed by atoms with E-state index in [1.165, 1.54) is 19.3 Å². The van der Waals surface area contributed by atoms with Crippen molar-refractivity contribution in [3.05, 3.63) is 4.88 Å². The second kappa shape index (κ2) is 4.90. The molecule has 114 valence electrons. The molecule has 2 heterocycles. The summed E-state index contributed by atoms with van der Waals surface area (Å²) in [6.07, 6.45) is 6.10. The van der Waals surface area contributed by atoms with Gasteiger partial charge in [-0.2, -0.15) is 0 Å². The van der Waals surface area contributed by atoms with Crippen LogP contribution < -0.4 is 15.4 Å². The monoisotopic (exact) mass is 306 g/mol. The molecule has 0 bridgehead atoms. The van der Waals surface area contributed by atoms with Crippen LogP contribution in [0.5, 0.6) is 5.75 Å². The summed E-state index contributed by atoms with van der Waals surface area (Å²) in [5.41, 5.74) is 6.76. The fourth-order valence-corrected chi connectivity index (χ4v) is 5.16. The zero-order valence-corrected chi connectivity index (χ0v) is 13.2. The van der Waals surface area contributed by atoms with Crippen molar-refractivity contribution in [2.24, 2.45) is 17.8 Å². The molecule has 5 heteroatoms. The first kappa shape index (κ1) is 13.4. The lowest BCUT2D eigenvalue weighted by molar-refractivity contribution is 0.0972. The van der Waals surface area contributed by atoms with E-state index in [2.05, 4.69) is 4.90 Å². The number of nitrogens with zero attached hydrogens (tertiary/aromatic N) is 1. The number of rotatable bonds is 4. The Hall–Kier alpha value is -1.23. The summed E-state index contributed by atoms with van der Waals surface area (Å²) < 4.78 is 5.53. The van der Waals surface area contributed by atoms with Crippen LogP contribution in [0, 0.1) is 17.8 Å². The Balaban J connectivity index is 1.65. The number of nitrogen functional groups attached to an aromatic ring is 1. The van der Waals surface area contributed by atoms with Crippen LogP contribution in [0.2, 0.25) is 0 Å². The van der Waals surface area contributed by atoms with Crippen molar-refractivity contribution in [3.8, 4) is 5.75 Å². The molecule has 1 aromatic rings. The molecule has 1 aromatic heterocycles. The highest BCUT2D eigenvalue weighted by atomic mass is 32.1. The van der Waals surface area contributed by atoms with E-state index >= 15 is 0 Å². The normalized spacial score (nSPS) is 28.0. The summed E-state index contributed by atoms with van der Waals surface area (Å²) in [6.45, 7) is 2.19. The number of thiophene rings is 1. The van der Waals surface area contributed by atoms with E-state index in [0.717, 1.165) is 53.4 Å². The van der Waals surface area contributed by atoms with Crippen LogP contribution in [-0.4, -0.2) is 26.0 Å². The molecule has 2 N–H and O–H groups in total. The van der Waals surface area contributed by atoms with E-state index in [1.807, 2.05) is 0 Å². The van der Waals surface area contributed by atoms with Crippen molar-refractivity contribution in [2.45, 2.75) is 32.1 Å². The van der Waals surface area contributed by atoms with Gasteiger partial charge in [-0.3, -0.25) is 4.79 Å². The molecule has 1 saturated heterocycles. The molecular weight excluding hydrogens is 284 g/mol. The standard InChI is InChI=1S/C16H22N2O2S/c1-20-14-12(17)15(13(19)9-5-6-9)21-16(14)18-7-10-3-2-4-11(10)8-18/h9-11H,2-8,17H2,1H3. The van der Waals surface area contributed by atoms with Crippen LogP contribution in [0.4, 0.5) is 10.7 Å². The number of carbonyl (C=O) groups excluding carboxylic acids is 1. The van der Waals surface area contributed by atoms with Gasteiger partial charge in [0.25, 0.3) is 0 Å². The highest BCUT2D eigenvalue weighted by Crippen LogP contribution is 2.50. The van der Waals surface area contributed by atoms with Gasteiger partial charge in [-0.15, -0.1) is 11.3 Å². The number of hydrogen-bond acceptors (Lipinski definition) is 5. The first-order chi connectivity index (χ1) is 10.2. The maximum atomic E-state index is 12.4. The third kappa shape index (κ3) is 2.13. The average Bonchev–Trinajstić information content (AvgIpc) is 2.96. The van der Waals surface area contributed by atoms with Gasteiger partial charge in [0.15, 0.2) is 11.5 Å². The van der Waals surface area contributed by atoms with Crippen molar-refractivity contribution in [1.82, 2.24) is 0 Å². The van der Waals surface area contributed by atoms with E-state index < -0.39 is 0 Å². The van der Waals surface area contributed by atoms with Gasteiger partial charge in [-0.1, -0.05) is 6.42 Å². The van der Waals surface area contributed by atoms with Gasteiger partial charge in [-0.05, 0) is 37.5 Å². The third-order valence-electron chi connectivity index (χ3n) is 5.27. The Morgan fingerprint density at radius 1 is 1.24 bits per heavy atom. The summed E-state index contributed by atoms with van der Waals surface area (Å²) in [5, 5.41) is 1.08. The fraction of sp³-hybridized carbons (Fsp3) is 0.688. The number of nitrogens with two attached hydrogens (primary N) is 1. The number of anilines is 2. The Kier molecular flexibility index (Phi) is 3.14. The molecule has 2 atom stereocenters. The molecule has 2 saturated carbocycles. The molecule has 2 aliphatic carbocycles. The minimum Gasteiger partial charge on any atom is -0.492 e. The Labute approximate surface area is 129 Å². The predicted octanol–water partition coefficient (Wildman–Crippen LogP) is 3.17. The molecule has 0 spiro atoms. The molecule has 21 heavy (non-hydrogen) atoms. The van der Waals surface area contributed by atoms with E-state index in [0.29, 0.717) is 5.69 Å². The van der Waals surface area contributed by atoms with Gasteiger partial charge in [-0.25, -0.2) is 0 Å². The topological polar surface area (TPSA) is 55.6 Å². The summed E-state index contributed by atoms with van der Waals surface area (Å²) >= 11 is 1.55. The zero-order valence-electron chi connectivity index (χ0n) is 12.4. The SMILES string of the molecule is COc1c(N2CC3CCCC3C2)sc(C(=O)C2CC2)c1N. The van der Waals surface area contributed by atoms with Gasteiger partial charge < -0.3 is 15.4 Å². The Morgan fingerprint density at radius 2 is 1.90 bits per heavy atom. The summed E-state index contributed by atoms with van der Waals surface area (Å²) in [7, 11) is 1.66. The maximum absolute atomic E-state index is 12.4. The van der Waals surface area contributed by atoms with Crippen LogP contribution in [0.3, 0.4) is 0 Å². The molecule has 0 amide bonds. The highest BCUT2D eigenvalue weighted by Gasteiger charge is 2.40. The number of ether oxygens (including phenoxy) is 1. The lowest BCUT2D eigenvalue weighted by atomic mass is 10.0. The smallest absolute Gasteiger partial charge is 0.178 e. The van der Waals surface area contributed by atoms with Crippen molar-refractivity contribution in [2.75, 3.05) is 30.8 Å². The third-order valence-corrected chi connectivity index (χ3v) is 6.53. The van der Waals surface area contributed by atoms with Crippen LogP contribution in [0.15, 0.2) is 0 Å². The molecule has 3 aliphatic rings. The number of hydrogen-bond donors (Lipinski definition) is 1. The number of carbonyl (C=O) groups is 1. The van der Waals surface area contributed by atoms with Gasteiger partial charge >= 0.3 is 0 Å². The van der Waals surface area contributed by atoms with Gasteiger partial charge in [0.1, 0.15) is 5.00 Å². The number of Topliss-reactive ketones (excluding diaryl/α,β-unsaturated/α-hetero) is 1. The van der Waals surface area contributed by atoms with Gasteiger partial charge in [0.2, 0.25) is 0 Å². The van der Waals surface area contributed by atoms with E-state index in [-0.39, 0.29) is 11.7 Å². The van der Waals surface area contributed by atoms with Crippen molar-refractivity contribution < 1.29 is 9.53 Å². The van der Waals surface area contributed by atoms with Crippen molar-refractivity contribution in [3.63, 3.8) is 0 Å². The van der Waals surface area contributed by atoms with Gasteiger partial charge in [0, 0.05) is 19.0 Å². The lowest BCUT2D eigenvalue weighted by Gasteiger charge is -2.18. The number of methoxy groups -OCH3 is 1. The fourth-order valence-electron chi connectivity index (χ4n) is 3.94. The van der Waals surface area contributed by atoms with E-state index in [1.54, 1.807) is 18.4 Å². The molecule has 0 aromatic carbocycles. The largest absolute Gasteiger partial charge is 0.492 e. The average molecular weight is 306 g/mol. The van der Waals surface area contributed by atoms with E-state index in [4.69, 9.17) is 10.5 Å². The first-order valence-electron chi connectivity index (χ1n) is 7.94. The zero-order chi connectivity index (χ0) is 14.6. The summed E-state index contributed by atoms with van der Waals surface area (Å²) in [5.74, 6) is 2.80. The quantitative estimate of drug-likeness (QED) is 0.868. The molecular formula is C16H22N2O2S. The molecule has 2 unspecified atom stereocenters.